The van der Waals surface area contributed by atoms with Crippen LogP contribution >= 0.6 is 0 Å². The molecule has 0 aliphatic rings. The van der Waals surface area contributed by atoms with Gasteiger partial charge in [-0.3, -0.25) is 9.59 Å². The maximum Gasteiger partial charge on any atom is 0.308 e. The lowest BCUT2D eigenvalue weighted by Crippen LogP contribution is -2.16. The van der Waals surface area contributed by atoms with Crippen LogP contribution in [0.2, 0.25) is 0 Å². The van der Waals surface area contributed by atoms with E-state index in [1.807, 2.05) is 13.0 Å². The Labute approximate surface area is 158 Å². The van der Waals surface area contributed by atoms with E-state index in [1.165, 1.54) is 24.6 Å². The van der Waals surface area contributed by atoms with Gasteiger partial charge in [-0.15, -0.1) is 0 Å². The molecule has 0 amide bonds. The van der Waals surface area contributed by atoms with Crippen LogP contribution in [0.3, 0.4) is 0 Å². The lowest BCUT2D eigenvalue weighted by Gasteiger charge is -2.12. The molecular formula is C21H25NO5. The minimum atomic E-state index is -0.614. The smallest absolute Gasteiger partial charge is 0.308 e. The highest BCUT2D eigenvalue weighted by molar-refractivity contribution is 5.89. The van der Waals surface area contributed by atoms with Crippen LogP contribution in [0, 0.1) is 0 Å². The van der Waals surface area contributed by atoms with Gasteiger partial charge in [-0.1, -0.05) is 17.2 Å². The molecule has 1 aromatic carbocycles. The molecule has 0 aliphatic carbocycles. The predicted octanol–water partition coefficient (Wildman–Crippen LogP) is 4.23. The van der Waals surface area contributed by atoms with Crippen LogP contribution < -0.4 is 15.0 Å². The minimum Gasteiger partial charge on any atom is -0.508 e. The highest BCUT2D eigenvalue weighted by Gasteiger charge is 2.17. The molecule has 0 spiro atoms. The third kappa shape index (κ3) is 5.74. The number of H-pyrrole nitrogens is 1. The third-order valence-electron chi connectivity index (χ3n) is 3.90. The van der Waals surface area contributed by atoms with Gasteiger partial charge >= 0.3 is 5.97 Å². The number of allylic oxidation sites excluding steroid dienone is 3. The number of aromatic amines is 1. The van der Waals surface area contributed by atoms with Crippen LogP contribution in [0.25, 0.3) is 10.9 Å². The molecule has 2 aromatic rings. The average molecular weight is 371 g/mol. The van der Waals surface area contributed by atoms with E-state index in [1.54, 1.807) is 6.07 Å². The minimum absolute atomic E-state index is 0.0133. The van der Waals surface area contributed by atoms with Gasteiger partial charge in [0.1, 0.15) is 12.4 Å². The molecule has 144 valence electrons. The topological polar surface area (TPSA) is 88.6 Å². The molecule has 0 saturated heterocycles. The highest BCUT2D eigenvalue weighted by Crippen LogP contribution is 2.33. The normalized spacial score (nSPS) is 11.3. The number of nitrogens with one attached hydrogen (secondary N) is 1. The molecule has 2 rings (SSSR count). The molecule has 0 radical (unpaired) electrons. The summed E-state index contributed by atoms with van der Waals surface area (Å²) >= 11 is 0. The van der Waals surface area contributed by atoms with E-state index in [-0.39, 0.29) is 23.9 Å². The number of hydrogen-bond donors (Lipinski definition) is 2. The number of hydrogen-bond acceptors (Lipinski definition) is 5. The molecular weight excluding hydrogens is 346 g/mol. The number of rotatable bonds is 7. The summed E-state index contributed by atoms with van der Waals surface area (Å²) in [5, 5.41) is 10.2. The van der Waals surface area contributed by atoms with Gasteiger partial charge in [-0.05, 0) is 51.8 Å². The quantitative estimate of drug-likeness (QED) is 0.562. The first kappa shape index (κ1) is 20.3. The van der Waals surface area contributed by atoms with Crippen molar-refractivity contribution in [3.05, 3.63) is 51.9 Å². The molecule has 0 saturated carbocycles. The number of aromatic hydroxyl groups is 1. The van der Waals surface area contributed by atoms with Gasteiger partial charge in [-0.25, -0.2) is 0 Å². The van der Waals surface area contributed by atoms with Crippen molar-refractivity contribution in [2.75, 3.05) is 6.61 Å². The Bertz CT molecular complexity index is 949. The first-order chi connectivity index (χ1) is 12.8. The van der Waals surface area contributed by atoms with E-state index in [0.717, 1.165) is 18.4 Å². The van der Waals surface area contributed by atoms with Crippen molar-refractivity contribution in [3.8, 4) is 17.2 Å². The van der Waals surface area contributed by atoms with Crippen molar-refractivity contribution < 1.29 is 19.4 Å². The largest absolute Gasteiger partial charge is 0.508 e. The second-order valence-corrected chi connectivity index (χ2v) is 6.62. The second-order valence-electron chi connectivity index (χ2n) is 6.62. The number of phenols is 1. The third-order valence-corrected chi connectivity index (χ3v) is 3.90. The van der Waals surface area contributed by atoms with Crippen LogP contribution in [0.5, 0.6) is 17.2 Å². The number of pyridine rings is 1. The SMILES string of the molecule is CC(=O)Oc1c(OC/C=C(\C)CCC=C(C)C)c2ccc(O)cc2[nH]c1=O. The summed E-state index contributed by atoms with van der Waals surface area (Å²) in [7, 11) is 0. The zero-order valence-corrected chi connectivity index (χ0v) is 16.1. The van der Waals surface area contributed by atoms with Gasteiger partial charge in [0.2, 0.25) is 5.75 Å². The Morgan fingerprint density at radius 3 is 2.56 bits per heavy atom. The lowest BCUT2D eigenvalue weighted by molar-refractivity contribution is -0.132. The summed E-state index contributed by atoms with van der Waals surface area (Å²) in [6.07, 6.45) is 5.98. The van der Waals surface area contributed by atoms with Crippen LogP contribution in [-0.4, -0.2) is 22.7 Å². The first-order valence-electron chi connectivity index (χ1n) is 8.77. The average Bonchev–Trinajstić information content (AvgIpc) is 2.56. The fourth-order valence-electron chi connectivity index (χ4n) is 2.58. The Kier molecular flexibility index (Phi) is 6.82. The molecule has 1 aromatic heterocycles. The molecule has 27 heavy (non-hydrogen) atoms. The zero-order valence-electron chi connectivity index (χ0n) is 16.1. The van der Waals surface area contributed by atoms with Gasteiger partial charge < -0.3 is 19.6 Å². The van der Waals surface area contributed by atoms with Crippen molar-refractivity contribution in [2.24, 2.45) is 0 Å². The van der Waals surface area contributed by atoms with Crippen molar-refractivity contribution in [1.82, 2.24) is 4.98 Å². The van der Waals surface area contributed by atoms with E-state index in [0.29, 0.717) is 10.9 Å². The van der Waals surface area contributed by atoms with E-state index in [9.17, 15) is 14.7 Å². The first-order valence-corrected chi connectivity index (χ1v) is 8.77. The Hall–Kier alpha value is -3.02. The van der Waals surface area contributed by atoms with Crippen molar-refractivity contribution >= 4 is 16.9 Å². The van der Waals surface area contributed by atoms with E-state index >= 15 is 0 Å². The summed E-state index contributed by atoms with van der Waals surface area (Å²) in [6, 6.07) is 4.50. The molecule has 0 unspecified atom stereocenters. The summed E-state index contributed by atoms with van der Waals surface area (Å²) in [6.45, 7) is 7.60. The highest BCUT2D eigenvalue weighted by atomic mass is 16.6. The standard InChI is InChI=1S/C21H25NO5/c1-13(2)6-5-7-14(3)10-11-26-19-17-9-8-16(24)12-18(17)22-21(25)20(19)27-15(4)23/h6,8-10,12,24H,5,7,11H2,1-4H3,(H,22,25)/b14-10+. The molecule has 2 N–H and O–H groups in total. The maximum absolute atomic E-state index is 12.3. The fraction of sp³-hybridized carbons (Fsp3) is 0.333. The monoisotopic (exact) mass is 371 g/mol. The second kappa shape index (κ2) is 9.07. The van der Waals surface area contributed by atoms with Gasteiger partial charge in [0, 0.05) is 18.4 Å². The van der Waals surface area contributed by atoms with Gasteiger partial charge in [0.15, 0.2) is 5.75 Å². The number of fused-ring (bicyclic) bond motifs is 1. The van der Waals surface area contributed by atoms with Crippen LogP contribution in [0.15, 0.2) is 46.3 Å². The zero-order chi connectivity index (χ0) is 20.0. The summed E-state index contributed by atoms with van der Waals surface area (Å²) < 4.78 is 10.9. The Balaban J connectivity index is 2.30. The molecule has 0 aliphatic heterocycles. The number of carbonyl (C=O) groups is 1. The number of phenolic OH excluding ortho intramolecular Hbond substituents is 1. The molecule has 0 bridgehead atoms. The molecule has 6 heteroatoms. The number of ether oxygens (including phenoxy) is 2. The van der Waals surface area contributed by atoms with Gasteiger partial charge in [-0.2, -0.15) is 0 Å². The fourth-order valence-corrected chi connectivity index (χ4v) is 2.58. The summed E-state index contributed by atoms with van der Waals surface area (Å²) in [5.74, 6) is -0.607. The summed E-state index contributed by atoms with van der Waals surface area (Å²) in [4.78, 5) is 26.2. The van der Waals surface area contributed by atoms with E-state index < -0.39 is 11.5 Å². The van der Waals surface area contributed by atoms with E-state index in [4.69, 9.17) is 9.47 Å². The number of aromatic nitrogens is 1. The summed E-state index contributed by atoms with van der Waals surface area (Å²) in [5.41, 5.74) is 2.24. The maximum atomic E-state index is 12.3. The Morgan fingerprint density at radius 2 is 1.89 bits per heavy atom. The molecule has 0 fully saturated rings. The lowest BCUT2D eigenvalue weighted by atomic mass is 10.1. The molecule has 0 atom stereocenters. The molecule has 1 heterocycles. The van der Waals surface area contributed by atoms with Crippen LogP contribution in [-0.2, 0) is 4.79 Å². The Morgan fingerprint density at radius 1 is 1.15 bits per heavy atom. The number of esters is 1. The van der Waals surface area contributed by atoms with Crippen LogP contribution in [0.1, 0.15) is 40.5 Å². The van der Waals surface area contributed by atoms with Crippen molar-refractivity contribution in [1.29, 1.82) is 0 Å². The number of carbonyl (C=O) groups excluding carboxylic acids is 1. The van der Waals surface area contributed by atoms with Gasteiger partial charge in [0.25, 0.3) is 5.56 Å². The predicted molar refractivity (Wildman–Crippen MR) is 105 cm³/mol. The van der Waals surface area contributed by atoms with Crippen LogP contribution in [0.4, 0.5) is 0 Å². The van der Waals surface area contributed by atoms with Crippen molar-refractivity contribution in [3.63, 3.8) is 0 Å². The number of benzene rings is 1. The van der Waals surface area contributed by atoms with Crippen molar-refractivity contribution in [2.45, 2.75) is 40.5 Å². The molecule has 6 nitrogen and oxygen atoms in total. The van der Waals surface area contributed by atoms with E-state index in [2.05, 4.69) is 24.9 Å². The van der Waals surface area contributed by atoms with Gasteiger partial charge in [0.05, 0.1) is 5.52 Å².